The third-order valence-corrected chi connectivity index (χ3v) is 4.86. The first-order valence-corrected chi connectivity index (χ1v) is 7.28. The van der Waals surface area contributed by atoms with Crippen LogP contribution in [0.2, 0.25) is 0 Å². The number of anilines is 1. The van der Waals surface area contributed by atoms with Crippen LogP contribution in [-0.4, -0.2) is 29.3 Å². The number of amides is 2. The summed E-state index contributed by atoms with van der Waals surface area (Å²) in [6, 6.07) is 6.56. The molecule has 3 aliphatic heterocycles. The van der Waals surface area contributed by atoms with Gasteiger partial charge in [-0.25, -0.2) is 4.90 Å². The molecule has 4 atom stereocenters. The fraction of sp³-hybridized carbons (Fsp3) is 0.353. The first kappa shape index (κ1) is 13.4. The average molecular weight is 297 g/mol. The van der Waals surface area contributed by atoms with Gasteiger partial charge in [0.05, 0.1) is 29.2 Å². The van der Waals surface area contributed by atoms with Crippen molar-refractivity contribution in [2.75, 3.05) is 4.90 Å². The molecule has 2 bridgehead atoms. The number of imide groups is 1. The highest BCUT2D eigenvalue weighted by Gasteiger charge is 2.65. The van der Waals surface area contributed by atoms with Crippen molar-refractivity contribution in [1.82, 2.24) is 0 Å². The number of ether oxygens (including phenoxy) is 1. The molecule has 0 saturated carbocycles. The van der Waals surface area contributed by atoms with Gasteiger partial charge in [0.1, 0.15) is 0 Å². The van der Waals surface area contributed by atoms with Crippen LogP contribution in [-0.2, 0) is 14.3 Å². The average Bonchev–Trinajstić information content (AvgIpc) is 3.08. The van der Waals surface area contributed by atoms with Gasteiger partial charge in [0.25, 0.3) is 0 Å². The van der Waals surface area contributed by atoms with Crippen molar-refractivity contribution >= 4 is 23.3 Å². The zero-order chi connectivity index (χ0) is 15.6. The van der Waals surface area contributed by atoms with Crippen LogP contribution >= 0.6 is 0 Å². The summed E-state index contributed by atoms with van der Waals surface area (Å²) in [5.41, 5.74) is 0.383. The normalized spacial score (nSPS) is 35.4. The lowest BCUT2D eigenvalue weighted by atomic mass is 9.78. The van der Waals surface area contributed by atoms with E-state index in [0.717, 1.165) is 0 Å². The van der Waals surface area contributed by atoms with E-state index in [1.54, 1.807) is 24.3 Å². The standard InChI is InChI=1S/C17H15NO4/c1-9(19)10-3-5-11(6-4-10)18-15(20)13-12-7-8-17(2,22-12)14(13)16(18)21/h3-8,12-14H,1-2H3/t12-,13-,14-,17-/m0/s1. The Morgan fingerprint density at radius 2 is 1.86 bits per heavy atom. The van der Waals surface area contributed by atoms with Crippen molar-refractivity contribution in [2.24, 2.45) is 11.8 Å². The van der Waals surface area contributed by atoms with Crippen LogP contribution in [0.3, 0.4) is 0 Å². The number of nitrogens with zero attached hydrogens (tertiary/aromatic N) is 1. The van der Waals surface area contributed by atoms with Crippen molar-refractivity contribution in [3.05, 3.63) is 42.0 Å². The largest absolute Gasteiger partial charge is 0.362 e. The lowest BCUT2D eigenvalue weighted by Gasteiger charge is -2.24. The predicted molar refractivity (Wildman–Crippen MR) is 78.3 cm³/mol. The van der Waals surface area contributed by atoms with Crippen molar-refractivity contribution < 1.29 is 19.1 Å². The van der Waals surface area contributed by atoms with Gasteiger partial charge >= 0.3 is 0 Å². The van der Waals surface area contributed by atoms with Crippen molar-refractivity contribution in [1.29, 1.82) is 0 Å². The van der Waals surface area contributed by atoms with Crippen molar-refractivity contribution in [3.8, 4) is 0 Å². The van der Waals surface area contributed by atoms with Gasteiger partial charge in [-0.1, -0.05) is 12.2 Å². The maximum atomic E-state index is 12.7. The Morgan fingerprint density at radius 1 is 1.18 bits per heavy atom. The Balaban J connectivity index is 1.71. The summed E-state index contributed by atoms with van der Waals surface area (Å²) in [6.07, 6.45) is 3.44. The minimum Gasteiger partial charge on any atom is -0.362 e. The third-order valence-electron chi connectivity index (χ3n) is 4.86. The van der Waals surface area contributed by atoms with E-state index in [2.05, 4.69) is 0 Å². The van der Waals surface area contributed by atoms with Gasteiger partial charge in [0.2, 0.25) is 11.8 Å². The quantitative estimate of drug-likeness (QED) is 0.474. The molecule has 0 spiro atoms. The monoisotopic (exact) mass is 297 g/mol. The van der Waals surface area contributed by atoms with Gasteiger partial charge in [-0.15, -0.1) is 0 Å². The van der Waals surface area contributed by atoms with Crippen molar-refractivity contribution in [3.63, 3.8) is 0 Å². The number of rotatable bonds is 2. The van der Waals surface area contributed by atoms with Crippen LogP contribution in [0, 0.1) is 11.8 Å². The van der Waals surface area contributed by atoms with E-state index in [4.69, 9.17) is 4.74 Å². The van der Waals surface area contributed by atoms with Gasteiger partial charge < -0.3 is 4.74 Å². The molecule has 0 unspecified atom stereocenters. The number of Topliss-reactive ketones (excluding diaryl/α,β-unsaturated/α-hetero) is 1. The summed E-state index contributed by atoms with van der Waals surface area (Å²) in [4.78, 5) is 38.0. The Hall–Kier alpha value is -2.27. The van der Waals surface area contributed by atoms with Gasteiger partial charge in [0.15, 0.2) is 5.78 Å². The smallest absolute Gasteiger partial charge is 0.241 e. The molecule has 4 rings (SSSR count). The Bertz CT molecular complexity index is 736. The molecule has 2 fully saturated rings. The zero-order valence-electron chi connectivity index (χ0n) is 12.3. The van der Waals surface area contributed by atoms with Crippen LogP contribution in [0.15, 0.2) is 36.4 Å². The molecule has 112 valence electrons. The van der Waals surface area contributed by atoms with E-state index >= 15 is 0 Å². The first-order valence-electron chi connectivity index (χ1n) is 7.28. The molecule has 2 amide bonds. The summed E-state index contributed by atoms with van der Waals surface area (Å²) < 4.78 is 5.78. The predicted octanol–water partition coefficient (Wildman–Crippen LogP) is 1.72. The molecule has 0 aliphatic carbocycles. The van der Waals surface area contributed by atoms with Gasteiger partial charge in [0, 0.05) is 5.56 Å². The van der Waals surface area contributed by atoms with E-state index in [-0.39, 0.29) is 23.7 Å². The number of fused-ring (bicyclic) bond motifs is 5. The summed E-state index contributed by atoms with van der Waals surface area (Å²) in [5, 5.41) is 0. The number of carbonyl (C=O) groups is 3. The molecule has 0 N–H and O–H groups in total. The van der Waals surface area contributed by atoms with Gasteiger partial charge in [-0.3, -0.25) is 14.4 Å². The Kier molecular flexibility index (Phi) is 2.52. The molecule has 1 aromatic carbocycles. The molecule has 3 aliphatic rings. The number of carbonyl (C=O) groups excluding carboxylic acids is 3. The lowest BCUT2D eigenvalue weighted by Crippen LogP contribution is -2.38. The molecule has 5 nitrogen and oxygen atoms in total. The van der Waals surface area contributed by atoms with Gasteiger partial charge in [-0.2, -0.15) is 0 Å². The third kappa shape index (κ3) is 1.54. The molecule has 0 aromatic heterocycles. The molecule has 3 heterocycles. The molecule has 1 aromatic rings. The molecule has 0 radical (unpaired) electrons. The number of hydrogen-bond donors (Lipinski definition) is 0. The first-order chi connectivity index (χ1) is 10.4. The van der Waals surface area contributed by atoms with Crippen LogP contribution in [0.1, 0.15) is 24.2 Å². The highest BCUT2D eigenvalue weighted by Crippen LogP contribution is 2.52. The van der Waals surface area contributed by atoms with E-state index in [9.17, 15) is 14.4 Å². The van der Waals surface area contributed by atoms with Crippen molar-refractivity contribution in [2.45, 2.75) is 25.6 Å². The highest BCUT2D eigenvalue weighted by molar-refractivity contribution is 6.23. The highest BCUT2D eigenvalue weighted by atomic mass is 16.5. The maximum absolute atomic E-state index is 12.7. The summed E-state index contributed by atoms with van der Waals surface area (Å²) in [7, 11) is 0. The maximum Gasteiger partial charge on any atom is 0.241 e. The Labute approximate surface area is 127 Å². The fourth-order valence-electron chi connectivity index (χ4n) is 3.75. The van der Waals surface area contributed by atoms with E-state index in [0.29, 0.717) is 11.3 Å². The summed E-state index contributed by atoms with van der Waals surface area (Å²) in [5.74, 6) is -1.38. The van der Waals surface area contributed by atoms with E-state index < -0.39 is 17.4 Å². The number of hydrogen-bond acceptors (Lipinski definition) is 4. The Morgan fingerprint density at radius 3 is 2.45 bits per heavy atom. The van der Waals surface area contributed by atoms with Crippen LogP contribution in [0.5, 0.6) is 0 Å². The summed E-state index contributed by atoms with van der Waals surface area (Å²) in [6.45, 7) is 3.33. The SMILES string of the molecule is CC(=O)c1ccc(N2C(=O)[C@H]3[C@@H]4C=C[C@](C)(O4)[C@@H]3C2=O)cc1. The second-order valence-corrected chi connectivity index (χ2v) is 6.24. The molecule has 5 heteroatoms. The van der Waals surface area contributed by atoms with Crippen LogP contribution in [0.25, 0.3) is 0 Å². The minimum absolute atomic E-state index is 0.0503. The second kappa shape index (κ2) is 4.14. The molecule has 2 saturated heterocycles. The molecule has 22 heavy (non-hydrogen) atoms. The fourth-order valence-corrected chi connectivity index (χ4v) is 3.75. The minimum atomic E-state index is -0.684. The van der Waals surface area contributed by atoms with Gasteiger partial charge in [-0.05, 0) is 38.1 Å². The van der Waals surface area contributed by atoms with Crippen LogP contribution < -0.4 is 4.90 Å². The second-order valence-electron chi connectivity index (χ2n) is 6.24. The molecular formula is C17H15NO4. The van der Waals surface area contributed by atoms with E-state index in [1.165, 1.54) is 11.8 Å². The zero-order valence-corrected chi connectivity index (χ0v) is 12.3. The number of benzene rings is 1. The lowest BCUT2D eigenvalue weighted by molar-refractivity contribution is -0.126. The topological polar surface area (TPSA) is 63.7 Å². The van der Waals surface area contributed by atoms with E-state index in [1.807, 2.05) is 19.1 Å². The van der Waals surface area contributed by atoms with Crippen LogP contribution in [0.4, 0.5) is 5.69 Å². The summed E-state index contributed by atoms with van der Waals surface area (Å²) >= 11 is 0. The number of ketones is 1. The molecular weight excluding hydrogens is 282 g/mol.